The van der Waals surface area contributed by atoms with Crippen molar-refractivity contribution >= 4 is 34.8 Å². The molecule has 1 N–H and O–H groups in total. The van der Waals surface area contributed by atoms with Gasteiger partial charge in [0.2, 0.25) is 0 Å². The molecule has 0 aromatic carbocycles. The molecule has 0 saturated carbocycles. The number of morpholine rings is 1. The van der Waals surface area contributed by atoms with Crippen LogP contribution in [0.25, 0.3) is 0 Å². The molecule has 170 valence electrons. The van der Waals surface area contributed by atoms with Crippen molar-refractivity contribution in [3.05, 3.63) is 44.8 Å². The second-order valence-corrected chi connectivity index (χ2v) is 9.54. The van der Waals surface area contributed by atoms with Crippen LogP contribution in [-0.4, -0.2) is 60.9 Å². The van der Waals surface area contributed by atoms with Gasteiger partial charge in [-0.2, -0.15) is 0 Å². The lowest BCUT2D eigenvalue weighted by Gasteiger charge is -2.29. The van der Waals surface area contributed by atoms with E-state index < -0.39 is 0 Å². The summed E-state index contributed by atoms with van der Waals surface area (Å²) in [6.07, 6.45) is 2.39. The number of amides is 3. The molecule has 0 radical (unpaired) electrons. The van der Waals surface area contributed by atoms with Gasteiger partial charge in [0.05, 0.1) is 32.3 Å². The molecule has 1 fully saturated rings. The lowest BCUT2D eigenvalue weighted by atomic mass is 10.1. The van der Waals surface area contributed by atoms with E-state index in [0.717, 1.165) is 29.0 Å². The fourth-order valence-electron chi connectivity index (χ4n) is 3.31. The third-order valence-electron chi connectivity index (χ3n) is 5.05. The van der Waals surface area contributed by atoms with Crippen LogP contribution in [0, 0.1) is 0 Å². The molecule has 7 nitrogen and oxygen atoms in total. The highest BCUT2D eigenvalue weighted by Gasteiger charge is 2.23. The zero-order valence-electron chi connectivity index (χ0n) is 18.0. The van der Waals surface area contributed by atoms with E-state index in [1.165, 1.54) is 0 Å². The number of thiophene rings is 2. The van der Waals surface area contributed by atoms with Gasteiger partial charge in [-0.15, -0.1) is 22.7 Å². The Morgan fingerprint density at radius 1 is 1.16 bits per heavy atom. The third-order valence-corrected chi connectivity index (χ3v) is 6.77. The Bertz CT molecular complexity index is 741. The molecule has 2 aromatic heterocycles. The Morgan fingerprint density at radius 3 is 2.35 bits per heavy atom. The minimum Gasteiger partial charge on any atom is -0.447 e. The Kier molecular flexibility index (Phi) is 9.64. The van der Waals surface area contributed by atoms with Gasteiger partial charge >= 0.3 is 12.1 Å². The Balaban J connectivity index is 1.57. The van der Waals surface area contributed by atoms with Crippen LogP contribution >= 0.6 is 22.7 Å². The molecule has 1 atom stereocenters. The Labute approximate surface area is 191 Å². The van der Waals surface area contributed by atoms with Crippen LogP contribution in [0.15, 0.2) is 35.0 Å². The smallest absolute Gasteiger partial charge is 0.410 e. The highest BCUT2D eigenvalue weighted by atomic mass is 32.1. The highest BCUT2D eigenvalue weighted by molar-refractivity contribution is 7.10. The van der Waals surface area contributed by atoms with E-state index in [2.05, 4.69) is 12.2 Å². The van der Waals surface area contributed by atoms with Gasteiger partial charge < -0.3 is 19.7 Å². The van der Waals surface area contributed by atoms with E-state index in [9.17, 15) is 9.59 Å². The number of unbranched alkanes of at least 4 members (excludes halogenated alkanes) is 1. The normalized spacial score (nSPS) is 14.8. The van der Waals surface area contributed by atoms with Crippen LogP contribution in [0.1, 0.15) is 35.9 Å². The van der Waals surface area contributed by atoms with Crippen molar-refractivity contribution in [3.8, 4) is 0 Å². The maximum absolute atomic E-state index is 12.9. The maximum atomic E-state index is 12.9. The summed E-state index contributed by atoms with van der Waals surface area (Å²) in [7, 11) is 0. The van der Waals surface area contributed by atoms with Crippen molar-refractivity contribution in [3.63, 3.8) is 0 Å². The molecular weight excluding hydrogens is 434 g/mol. The molecule has 0 bridgehead atoms. The molecule has 3 amide bonds. The number of ether oxygens (including phenoxy) is 2. The number of nitrogens with one attached hydrogen (secondary N) is 1. The third kappa shape index (κ3) is 7.83. The fraction of sp³-hybridized carbons (Fsp3) is 0.545. The van der Waals surface area contributed by atoms with Gasteiger partial charge in [-0.3, -0.25) is 4.90 Å². The quantitative estimate of drug-likeness (QED) is 0.559. The first-order valence-electron chi connectivity index (χ1n) is 10.8. The molecule has 9 heteroatoms. The van der Waals surface area contributed by atoms with E-state index in [1.54, 1.807) is 32.5 Å². The van der Waals surface area contributed by atoms with Crippen LogP contribution < -0.4 is 5.32 Å². The van der Waals surface area contributed by atoms with Crippen LogP contribution in [0.2, 0.25) is 0 Å². The predicted octanol–water partition coefficient (Wildman–Crippen LogP) is 4.55. The van der Waals surface area contributed by atoms with Gasteiger partial charge in [0.25, 0.3) is 0 Å². The molecule has 0 unspecified atom stereocenters. The van der Waals surface area contributed by atoms with Crippen molar-refractivity contribution < 1.29 is 19.1 Å². The second kappa shape index (κ2) is 12.7. The molecule has 1 saturated heterocycles. The molecule has 0 spiro atoms. The summed E-state index contributed by atoms with van der Waals surface area (Å²) in [6, 6.07) is 7.68. The van der Waals surface area contributed by atoms with Crippen molar-refractivity contribution in [2.45, 2.75) is 45.3 Å². The monoisotopic (exact) mass is 465 g/mol. The van der Waals surface area contributed by atoms with Gasteiger partial charge in [0, 0.05) is 22.8 Å². The zero-order chi connectivity index (χ0) is 21.9. The summed E-state index contributed by atoms with van der Waals surface area (Å²) in [5.41, 5.74) is 0. The zero-order valence-corrected chi connectivity index (χ0v) is 19.6. The van der Waals surface area contributed by atoms with E-state index in [4.69, 9.17) is 9.47 Å². The molecule has 1 aliphatic rings. The molecule has 31 heavy (non-hydrogen) atoms. The van der Waals surface area contributed by atoms with Gasteiger partial charge in [-0.05, 0) is 29.3 Å². The van der Waals surface area contributed by atoms with E-state index in [0.29, 0.717) is 39.4 Å². The molecule has 3 rings (SSSR count). The number of carbonyl (C=O) groups excluding carboxylic acids is 2. The largest absolute Gasteiger partial charge is 0.447 e. The number of carbonyl (C=O) groups is 2. The topological polar surface area (TPSA) is 71.1 Å². The van der Waals surface area contributed by atoms with E-state index in [-0.39, 0.29) is 24.8 Å². The summed E-state index contributed by atoms with van der Waals surface area (Å²) < 4.78 is 11.0. The Morgan fingerprint density at radius 2 is 1.81 bits per heavy atom. The fourth-order valence-corrected chi connectivity index (χ4v) is 4.75. The van der Waals surface area contributed by atoms with Crippen molar-refractivity contribution in [2.24, 2.45) is 0 Å². The Hall–Kier alpha value is -2.10. The average molecular weight is 466 g/mol. The first-order valence-corrected chi connectivity index (χ1v) is 12.5. The highest BCUT2D eigenvalue weighted by Crippen LogP contribution is 2.18. The van der Waals surface area contributed by atoms with Crippen molar-refractivity contribution in [1.29, 1.82) is 0 Å². The lowest BCUT2D eigenvalue weighted by Crippen LogP contribution is -2.50. The number of rotatable bonds is 10. The van der Waals surface area contributed by atoms with Gasteiger partial charge in [0.15, 0.2) is 0 Å². The number of hydrogen-bond donors (Lipinski definition) is 1. The number of urea groups is 1. The molecule has 2 aromatic rings. The SMILES string of the molecule is CCCC[C@H](COC(=O)N(Cc1cccs1)Cc1cccs1)NC(=O)N1CCOCC1. The summed E-state index contributed by atoms with van der Waals surface area (Å²) >= 11 is 3.24. The molecule has 1 aliphatic heterocycles. The minimum absolute atomic E-state index is 0.116. The van der Waals surface area contributed by atoms with Crippen LogP contribution in [0.5, 0.6) is 0 Å². The summed E-state index contributed by atoms with van der Waals surface area (Å²) in [4.78, 5) is 31.2. The summed E-state index contributed by atoms with van der Waals surface area (Å²) in [5, 5.41) is 7.06. The second-order valence-electron chi connectivity index (χ2n) is 7.48. The molecule has 3 heterocycles. The van der Waals surface area contributed by atoms with Crippen molar-refractivity contribution in [1.82, 2.24) is 15.1 Å². The molecular formula is C22H31N3O4S2. The van der Waals surface area contributed by atoms with Gasteiger partial charge in [0.1, 0.15) is 6.61 Å². The first kappa shape index (κ1) is 23.6. The van der Waals surface area contributed by atoms with E-state index >= 15 is 0 Å². The standard InChI is InChI=1S/C22H31N3O4S2/c1-2-3-6-18(23-21(26)24-9-11-28-12-10-24)17-29-22(27)25(15-19-7-4-13-30-19)16-20-8-5-14-31-20/h4-5,7-8,13-14,18H,2-3,6,9-12,15-17H2,1H3,(H,23,26)/t18-/m1/s1. The maximum Gasteiger partial charge on any atom is 0.410 e. The van der Waals surface area contributed by atoms with Crippen LogP contribution in [0.3, 0.4) is 0 Å². The summed E-state index contributed by atoms with van der Waals surface area (Å²) in [6.45, 7) is 5.58. The number of hydrogen-bond acceptors (Lipinski definition) is 6. The van der Waals surface area contributed by atoms with Crippen LogP contribution in [0.4, 0.5) is 9.59 Å². The summed E-state index contributed by atoms with van der Waals surface area (Å²) in [5.74, 6) is 0. The average Bonchev–Trinajstić information content (AvgIpc) is 3.50. The van der Waals surface area contributed by atoms with Gasteiger partial charge in [-0.25, -0.2) is 9.59 Å². The van der Waals surface area contributed by atoms with Crippen LogP contribution in [-0.2, 0) is 22.6 Å². The molecule has 0 aliphatic carbocycles. The van der Waals surface area contributed by atoms with Crippen molar-refractivity contribution in [2.75, 3.05) is 32.9 Å². The lowest BCUT2D eigenvalue weighted by molar-refractivity contribution is 0.0503. The number of nitrogens with zero attached hydrogens (tertiary/aromatic N) is 2. The minimum atomic E-state index is -0.357. The van der Waals surface area contributed by atoms with E-state index in [1.807, 2.05) is 35.0 Å². The predicted molar refractivity (Wildman–Crippen MR) is 123 cm³/mol. The first-order chi connectivity index (χ1) is 15.2. The van der Waals surface area contributed by atoms with Gasteiger partial charge in [-0.1, -0.05) is 31.9 Å².